The Balaban J connectivity index is 1.87. The summed E-state index contributed by atoms with van der Waals surface area (Å²) in [5, 5.41) is 9.98. The fourth-order valence-electron chi connectivity index (χ4n) is 3.70. The van der Waals surface area contributed by atoms with Crippen LogP contribution in [0.3, 0.4) is 0 Å². The lowest BCUT2D eigenvalue weighted by Crippen LogP contribution is -2.30. The van der Waals surface area contributed by atoms with Gasteiger partial charge in [0.05, 0.1) is 31.4 Å². The van der Waals surface area contributed by atoms with Crippen molar-refractivity contribution in [1.82, 2.24) is 14.0 Å². The minimum atomic E-state index is -0.458. The number of fused-ring (bicyclic) bond motifs is 1. The molecule has 3 rings (SSSR count). The van der Waals surface area contributed by atoms with Crippen molar-refractivity contribution in [3.8, 4) is 11.5 Å². The molecule has 1 heterocycles. The fourth-order valence-corrected chi connectivity index (χ4v) is 3.70. The van der Waals surface area contributed by atoms with Crippen LogP contribution in [0.2, 0.25) is 0 Å². The van der Waals surface area contributed by atoms with Crippen molar-refractivity contribution >= 4 is 11.0 Å². The van der Waals surface area contributed by atoms with Gasteiger partial charge in [-0.25, -0.2) is 4.79 Å². The monoisotopic (exact) mass is 399 g/mol. The number of aliphatic hydroxyl groups excluding tert-OH is 1. The minimum absolute atomic E-state index is 0.0386. The smallest absolute Gasteiger partial charge is 0.328 e. The first-order valence-corrected chi connectivity index (χ1v) is 9.59. The van der Waals surface area contributed by atoms with E-state index in [0.717, 1.165) is 22.2 Å². The van der Waals surface area contributed by atoms with Crippen molar-refractivity contribution in [2.45, 2.75) is 26.1 Å². The van der Waals surface area contributed by atoms with Crippen LogP contribution in [0.25, 0.3) is 11.0 Å². The number of imidazole rings is 1. The Kier molecular flexibility index (Phi) is 6.30. The quantitative estimate of drug-likeness (QED) is 0.629. The molecule has 0 spiro atoms. The number of aryl methyl sites for hydroxylation is 2. The van der Waals surface area contributed by atoms with Gasteiger partial charge in [-0.2, -0.15) is 0 Å². The summed E-state index contributed by atoms with van der Waals surface area (Å²) in [5.41, 5.74) is 3.92. The second-order valence-electron chi connectivity index (χ2n) is 7.43. The summed E-state index contributed by atoms with van der Waals surface area (Å²) in [5.74, 6) is 1.37. The molecule has 0 saturated carbocycles. The molecule has 1 atom stereocenters. The van der Waals surface area contributed by atoms with E-state index in [2.05, 4.69) is 4.90 Å². The van der Waals surface area contributed by atoms with Gasteiger partial charge in [0.25, 0.3) is 0 Å². The largest absolute Gasteiger partial charge is 0.493 e. The average molecular weight is 399 g/mol. The molecule has 156 valence electrons. The number of nitrogens with zero attached hydrogens (tertiary/aromatic N) is 3. The molecular formula is C22H29N3O4. The molecule has 2 aromatic carbocycles. The zero-order valence-corrected chi connectivity index (χ0v) is 17.7. The van der Waals surface area contributed by atoms with Gasteiger partial charge < -0.3 is 14.6 Å². The lowest BCUT2D eigenvalue weighted by Gasteiger charge is -2.24. The zero-order chi connectivity index (χ0) is 21.1. The summed E-state index contributed by atoms with van der Waals surface area (Å²) in [6, 6.07) is 11.9. The van der Waals surface area contributed by atoms with E-state index in [1.807, 2.05) is 36.4 Å². The predicted molar refractivity (Wildman–Crippen MR) is 114 cm³/mol. The topological polar surface area (TPSA) is 68.9 Å². The standard InChI is InChI=1S/C22H29N3O4/c1-15(26)12-25(14-17-7-9-20(28-4)21(11-17)29-5)13-16-6-8-18-19(10-16)24(3)22(27)23(18)2/h6-11,15,26H,12-14H2,1-5H3/t15-/m0/s1. The zero-order valence-electron chi connectivity index (χ0n) is 17.7. The van der Waals surface area contributed by atoms with E-state index in [9.17, 15) is 9.90 Å². The third-order valence-electron chi connectivity index (χ3n) is 5.12. The maximum atomic E-state index is 12.2. The van der Waals surface area contributed by atoms with Gasteiger partial charge in [0.15, 0.2) is 11.5 Å². The van der Waals surface area contributed by atoms with Gasteiger partial charge in [-0.1, -0.05) is 12.1 Å². The Labute approximate surface area is 170 Å². The molecule has 0 fully saturated rings. The van der Waals surface area contributed by atoms with Crippen LogP contribution in [0.15, 0.2) is 41.2 Å². The molecular weight excluding hydrogens is 370 g/mol. The Morgan fingerprint density at radius 1 is 0.931 bits per heavy atom. The molecule has 0 saturated heterocycles. The van der Waals surface area contributed by atoms with Crippen molar-refractivity contribution in [3.63, 3.8) is 0 Å². The van der Waals surface area contributed by atoms with Crippen LogP contribution in [-0.2, 0) is 27.2 Å². The number of hydrogen-bond donors (Lipinski definition) is 1. The molecule has 29 heavy (non-hydrogen) atoms. The summed E-state index contributed by atoms with van der Waals surface area (Å²) in [6.07, 6.45) is -0.458. The highest BCUT2D eigenvalue weighted by Crippen LogP contribution is 2.28. The van der Waals surface area contributed by atoms with Gasteiger partial charge in [0, 0.05) is 33.7 Å². The van der Waals surface area contributed by atoms with Crippen molar-refractivity contribution in [1.29, 1.82) is 0 Å². The Bertz CT molecular complexity index is 1050. The number of aliphatic hydroxyl groups is 1. The van der Waals surface area contributed by atoms with Gasteiger partial charge in [-0.15, -0.1) is 0 Å². The molecule has 7 nitrogen and oxygen atoms in total. The first kappa shape index (κ1) is 21.0. The Morgan fingerprint density at radius 2 is 1.52 bits per heavy atom. The summed E-state index contributed by atoms with van der Waals surface area (Å²) in [4.78, 5) is 14.4. The van der Waals surface area contributed by atoms with Crippen LogP contribution in [-0.4, -0.2) is 46.0 Å². The van der Waals surface area contributed by atoms with Gasteiger partial charge in [-0.3, -0.25) is 14.0 Å². The molecule has 3 aromatic rings. The lowest BCUT2D eigenvalue weighted by molar-refractivity contribution is 0.118. The SMILES string of the molecule is COc1ccc(CN(Cc2ccc3c(c2)n(C)c(=O)n3C)C[C@H](C)O)cc1OC. The van der Waals surface area contributed by atoms with Crippen molar-refractivity contribution in [2.24, 2.45) is 14.1 Å². The molecule has 0 radical (unpaired) electrons. The van der Waals surface area contributed by atoms with E-state index in [4.69, 9.17) is 9.47 Å². The summed E-state index contributed by atoms with van der Waals surface area (Å²) in [7, 11) is 6.80. The molecule has 0 aliphatic heterocycles. The van der Waals surface area contributed by atoms with Gasteiger partial charge >= 0.3 is 5.69 Å². The molecule has 1 aromatic heterocycles. The van der Waals surface area contributed by atoms with Crippen molar-refractivity contribution in [2.75, 3.05) is 20.8 Å². The summed E-state index contributed by atoms with van der Waals surface area (Å²) >= 11 is 0. The molecule has 0 bridgehead atoms. The number of methoxy groups -OCH3 is 2. The van der Waals surface area contributed by atoms with E-state index in [-0.39, 0.29) is 5.69 Å². The lowest BCUT2D eigenvalue weighted by atomic mass is 10.1. The van der Waals surface area contributed by atoms with E-state index >= 15 is 0 Å². The Morgan fingerprint density at radius 3 is 2.14 bits per heavy atom. The van der Waals surface area contributed by atoms with Crippen LogP contribution in [0.1, 0.15) is 18.1 Å². The number of ether oxygens (including phenoxy) is 2. The average Bonchev–Trinajstić information content (AvgIpc) is 2.91. The highest BCUT2D eigenvalue weighted by Gasteiger charge is 2.14. The van der Waals surface area contributed by atoms with Crippen molar-refractivity contribution < 1.29 is 14.6 Å². The maximum Gasteiger partial charge on any atom is 0.328 e. The van der Waals surface area contributed by atoms with Crippen LogP contribution in [0, 0.1) is 0 Å². The highest BCUT2D eigenvalue weighted by molar-refractivity contribution is 5.76. The third-order valence-corrected chi connectivity index (χ3v) is 5.12. The molecule has 7 heteroatoms. The molecule has 0 aliphatic rings. The predicted octanol–water partition coefficient (Wildman–Crippen LogP) is 2.28. The first-order valence-electron chi connectivity index (χ1n) is 9.59. The second-order valence-corrected chi connectivity index (χ2v) is 7.43. The highest BCUT2D eigenvalue weighted by atomic mass is 16.5. The summed E-state index contributed by atoms with van der Waals surface area (Å²) in [6.45, 7) is 3.61. The minimum Gasteiger partial charge on any atom is -0.493 e. The van der Waals surface area contributed by atoms with Gasteiger partial charge in [0.1, 0.15) is 0 Å². The van der Waals surface area contributed by atoms with Crippen LogP contribution >= 0.6 is 0 Å². The van der Waals surface area contributed by atoms with Crippen LogP contribution in [0.5, 0.6) is 11.5 Å². The molecule has 0 amide bonds. The second kappa shape index (κ2) is 8.71. The normalized spacial score (nSPS) is 12.5. The van der Waals surface area contributed by atoms with Gasteiger partial charge in [0.2, 0.25) is 0 Å². The number of hydrogen-bond acceptors (Lipinski definition) is 5. The maximum absolute atomic E-state index is 12.2. The van der Waals surface area contributed by atoms with E-state index in [1.54, 1.807) is 44.4 Å². The molecule has 1 N–H and O–H groups in total. The number of aromatic nitrogens is 2. The molecule has 0 unspecified atom stereocenters. The van der Waals surface area contributed by atoms with E-state index in [1.165, 1.54) is 0 Å². The fraction of sp³-hybridized carbons (Fsp3) is 0.409. The van der Waals surface area contributed by atoms with E-state index in [0.29, 0.717) is 31.1 Å². The van der Waals surface area contributed by atoms with Crippen LogP contribution < -0.4 is 15.2 Å². The van der Waals surface area contributed by atoms with Crippen molar-refractivity contribution in [3.05, 3.63) is 58.0 Å². The summed E-state index contributed by atoms with van der Waals surface area (Å²) < 4.78 is 14.0. The number of rotatable bonds is 8. The third kappa shape index (κ3) is 4.46. The number of benzene rings is 2. The first-order chi connectivity index (χ1) is 13.8. The van der Waals surface area contributed by atoms with Crippen LogP contribution in [0.4, 0.5) is 0 Å². The Hall–Kier alpha value is -2.77. The van der Waals surface area contributed by atoms with Gasteiger partial charge in [-0.05, 0) is 42.3 Å². The molecule has 0 aliphatic carbocycles. The van der Waals surface area contributed by atoms with E-state index < -0.39 is 6.10 Å².